The number of allylic oxidation sites excluding steroid dienone is 3. The molecule has 1 fully saturated rings. The van der Waals surface area contributed by atoms with Crippen LogP contribution in [0.15, 0.2) is 52.4 Å². The van der Waals surface area contributed by atoms with Crippen LogP contribution in [0.1, 0.15) is 72.8 Å². The fraction of sp³-hybridized carbons (Fsp3) is 0.467. The normalized spacial score (nSPS) is 20.5. The lowest BCUT2D eigenvalue weighted by Gasteiger charge is -2.29. The Kier molecular flexibility index (Phi) is 7.63. The van der Waals surface area contributed by atoms with Crippen molar-refractivity contribution >= 4 is 40.3 Å². The zero-order chi connectivity index (χ0) is 27.8. The Hall–Kier alpha value is -3.68. The van der Waals surface area contributed by atoms with Gasteiger partial charge in [0.05, 0.1) is 33.7 Å². The predicted octanol–water partition coefficient (Wildman–Crippen LogP) is 5.38. The summed E-state index contributed by atoms with van der Waals surface area (Å²) >= 11 is 0. The summed E-state index contributed by atoms with van der Waals surface area (Å²) in [4.78, 5) is 41.6. The third-order valence-electron chi connectivity index (χ3n) is 7.41. The zero-order valence-electron chi connectivity index (χ0n) is 23.2. The monoisotopic (exact) mass is 518 g/mol. The van der Waals surface area contributed by atoms with Crippen LogP contribution in [0, 0.1) is 5.92 Å². The Bertz CT molecular complexity index is 1290. The van der Waals surface area contributed by atoms with Gasteiger partial charge in [-0.2, -0.15) is 5.10 Å². The van der Waals surface area contributed by atoms with Crippen molar-refractivity contribution in [2.24, 2.45) is 11.0 Å². The zero-order valence-corrected chi connectivity index (χ0v) is 23.2. The summed E-state index contributed by atoms with van der Waals surface area (Å²) in [5.41, 5.74) is 1.76. The van der Waals surface area contributed by atoms with E-state index in [2.05, 4.69) is 15.3 Å². The molecule has 0 saturated heterocycles. The van der Waals surface area contributed by atoms with Gasteiger partial charge in [0.2, 0.25) is 11.7 Å². The quantitative estimate of drug-likeness (QED) is 0.472. The summed E-state index contributed by atoms with van der Waals surface area (Å²) in [6.07, 6.45) is 8.06. The molecule has 1 aromatic rings. The maximum Gasteiger partial charge on any atom is 0.277 e. The highest BCUT2D eigenvalue weighted by Gasteiger charge is 2.45. The second kappa shape index (κ2) is 10.6. The van der Waals surface area contributed by atoms with Crippen molar-refractivity contribution in [3.05, 3.63) is 52.8 Å². The summed E-state index contributed by atoms with van der Waals surface area (Å²) in [7, 11) is 0. The van der Waals surface area contributed by atoms with E-state index in [-0.39, 0.29) is 28.4 Å². The van der Waals surface area contributed by atoms with E-state index in [1.165, 1.54) is 17.9 Å². The number of carbonyl (C=O) groups excluding carboxylic acids is 3. The average Bonchev–Trinajstić information content (AvgIpc) is 3.49. The SMILES string of the molecule is CCN(CC)c1ccc(C2=C(O)C(=C3C(=O)N(C(C)(C)C)N=C3C)C2=O)c(NC(=O)/C=C/C2CCCC2)c1. The van der Waals surface area contributed by atoms with Crippen molar-refractivity contribution in [3.8, 4) is 0 Å². The standard InChI is InChI=1S/C30H38N4O4/c1-7-33(8-2)20-14-15-21(22(17-20)31-23(35)16-13-19-11-9-10-12-19)25-27(36)26(28(25)37)24-18(3)32-34(29(24)38)30(4,5)6/h13-17,19,36H,7-12H2,1-6H3,(H,31,35)/b16-13+,26-24?. The Morgan fingerprint density at radius 1 is 1.13 bits per heavy atom. The van der Waals surface area contributed by atoms with E-state index in [1.807, 2.05) is 52.8 Å². The molecule has 1 saturated carbocycles. The van der Waals surface area contributed by atoms with Gasteiger partial charge < -0.3 is 15.3 Å². The number of carbonyl (C=O) groups is 3. The third-order valence-corrected chi connectivity index (χ3v) is 7.41. The Labute approximate surface area is 224 Å². The molecule has 1 aliphatic heterocycles. The van der Waals surface area contributed by atoms with Gasteiger partial charge in [-0.15, -0.1) is 0 Å². The molecule has 0 aromatic heterocycles. The molecule has 202 valence electrons. The molecular weight excluding hydrogens is 480 g/mol. The molecule has 0 spiro atoms. The first-order valence-electron chi connectivity index (χ1n) is 13.5. The van der Waals surface area contributed by atoms with E-state index in [0.717, 1.165) is 31.6 Å². The average molecular weight is 519 g/mol. The van der Waals surface area contributed by atoms with E-state index in [9.17, 15) is 19.5 Å². The van der Waals surface area contributed by atoms with E-state index < -0.39 is 17.2 Å². The molecule has 2 amide bonds. The Morgan fingerprint density at radius 2 is 1.79 bits per heavy atom. The van der Waals surface area contributed by atoms with Crippen LogP contribution >= 0.6 is 0 Å². The number of aliphatic hydroxyl groups excluding tert-OH is 1. The van der Waals surface area contributed by atoms with E-state index in [1.54, 1.807) is 19.1 Å². The summed E-state index contributed by atoms with van der Waals surface area (Å²) in [5, 5.41) is 19.7. The fourth-order valence-electron chi connectivity index (χ4n) is 5.32. The van der Waals surface area contributed by atoms with Gasteiger partial charge in [0.1, 0.15) is 5.76 Å². The van der Waals surface area contributed by atoms with E-state index in [4.69, 9.17) is 0 Å². The molecule has 8 heteroatoms. The second-order valence-corrected chi connectivity index (χ2v) is 11.1. The minimum absolute atomic E-state index is 0.0239. The number of amides is 2. The van der Waals surface area contributed by atoms with Crippen LogP contribution in [-0.2, 0) is 14.4 Å². The highest BCUT2D eigenvalue weighted by molar-refractivity contribution is 6.44. The fourth-order valence-corrected chi connectivity index (χ4v) is 5.32. The number of nitrogens with zero attached hydrogens (tertiary/aromatic N) is 3. The van der Waals surface area contributed by atoms with Crippen LogP contribution in [0.4, 0.5) is 11.4 Å². The number of rotatable bonds is 7. The van der Waals surface area contributed by atoms with Crippen LogP contribution in [0.3, 0.4) is 0 Å². The molecule has 38 heavy (non-hydrogen) atoms. The van der Waals surface area contributed by atoms with Gasteiger partial charge in [0.25, 0.3) is 5.91 Å². The molecule has 2 N–H and O–H groups in total. The van der Waals surface area contributed by atoms with Crippen LogP contribution in [0.5, 0.6) is 0 Å². The number of hydrazone groups is 1. The summed E-state index contributed by atoms with van der Waals surface area (Å²) in [5.74, 6) is -0.973. The van der Waals surface area contributed by atoms with Gasteiger partial charge in [0, 0.05) is 24.3 Å². The van der Waals surface area contributed by atoms with Crippen molar-refractivity contribution in [1.29, 1.82) is 0 Å². The van der Waals surface area contributed by atoms with E-state index >= 15 is 0 Å². The van der Waals surface area contributed by atoms with Crippen molar-refractivity contribution in [1.82, 2.24) is 5.01 Å². The molecule has 0 radical (unpaired) electrons. The predicted molar refractivity (Wildman–Crippen MR) is 151 cm³/mol. The molecule has 1 aromatic carbocycles. The Balaban J connectivity index is 1.73. The topological polar surface area (TPSA) is 102 Å². The van der Waals surface area contributed by atoms with Crippen LogP contribution in [0.25, 0.3) is 5.57 Å². The van der Waals surface area contributed by atoms with Crippen molar-refractivity contribution in [2.45, 2.75) is 72.8 Å². The van der Waals surface area contributed by atoms with Gasteiger partial charge in [0.15, 0.2) is 0 Å². The van der Waals surface area contributed by atoms with Crippen molar-refractivity contribution < 1.29 is 19.5 Å². The lowest BCUT2D eigenvalue weighted by Crippen LogP contribution is -2.40. The highest BCUT2D eigenvalue weighted by atomic mass is 16.3. The lowest BCUT2D eigenvalue weighted by atomic mass is 9.79. The lowest BCUT2D eigenvalue weighted by molar-refractivity contribution is -0.130. The number of hydrogen-bond donors (Lipinski definition) is 2. The summed E-state index contributed by atoms with van der Waals surface area (Å²) in [6.45, 7) is 12.9. The minimum Gasteiger partial charge on any atom is -0.506 e. The number of nitrogens with one attached hydrogen (secondary N) is 1. The molecule has 0 bridgehead atoms. The molecule has 8 nitrogen and oxygen atoms in total. The largest absolute Gasteiger partial charge is 0.506 e. The number of benzene rings is 1. The highest BCUT2D eigenvalue weighted by Crippen LogP contribution is 2.43. The maximum absolute atomic E-state index is 13.4. The first-order valence-corrected chi connectivity index (χ1v) is 13.5. The van der Waals surface area contributed by atoms with Gasteiger partial charge in [-0.25, -0.2) is 5.01 Å². The molecule has 1 heterocycles. The van der Waals surface area contributed by atoms with Crippen LogP contribution < -0.4 is 10.2 Å². The molecule has 3 aliphatic rings. The molecule has 0 atom stereocenters. The summed E-state index contributed by atoms with van der Waals surface area (Å²) < 4.78 is 0. The number of aliphatic hydroxyl groups is 1. The summed E-state index contributed by atoms with van der Waals surface area (Å²) in [6, 6.07) is 5.45. The molecular formula is C30H38N4O4. The number of anilines is 2. The van der Waals surface area contributed by atoms with Gasteiger partial charge >= 0.3 is 0 Å². The minimum atomic E-state index is -0.570. The van der Waals surface area contributed by atoms with Crippen LogP contribution in [0.2, 0.25) is 0 Å². The van der Waals surface area contributed by atoms with Crippen molar-refractivity contribution in [3.63, 3.8) is 0 Å². The van der Waals surface area contributed by atoms with Crippen molar-refractivity contribution in [2.75, 3.05) is 23.3 Å². The Morgan fingerprint density at radius 3 is 2.34 bits per heavy atom. The van der Waals surface area contributed by atoms with Gasteiger partial charge in [-0.1, -0.05) is 18.9 Å². The van der Waals surface area contributed by atoms with Gasteiger partial charge in [-0.05, 0) is 84.6 Å². The number of hydrogen-bond acceptors (Lipinski definition) is 6. The smallest absolute Gasteiger partial charge is 0.277 e. The first-order chi connectivity index (χ1) is 18.0. The van der Waals surface area contributed by atoms with E-state index in [0.29, 0.717) is 22.9 Å². The molecule has 0 unspecified atom stereocenters. The third kappa shape index (κ3) is 5.04. The van der Waals surface area contributed by atoms with Crippen LogP contribution in [-0.4, -0.2) is 52.1 Å². The molecule has 2 aliphatic carbocycles. The number of Topliss-reactive ketones (excluding diaryl/α,β-unsaturated/α-hetero) is 1. The maximum atomic E-state index is 13.4. The number of ketones is 1. The first kappa shape index (κ1) is 27.4. The second-order valence-electron chi connectivity index (χ2n) is 11.1. The van der Waals surface area contributed by atoms with Gasteiger partial charge in [-0.3, -0.25) is 14.4 Å². The molecule has 4 rings (SSSR count).